The highest BCUT2D eigenvalue weighted by Gasteiger charge is 2.53. The Labute approximate surface area is 251 Å². The van der Waals surface area contributed by atoms with Crippen LogP contribution >= 0.6 is 22.9 Å². The standard InChI is InChI=1S/C29H28ClF2N5O3S2/c1-18-5-7-21(8-6-18)23-12-20(13-26(36-23)35-19(2)22-4-3-11-33-16-22)15-34-28(38)24-14-29(31,32)17-37(24)42(39,40)27-10-9-25(30)41-27/h3-13,16,19,24H,14-15,17H2,1-2H3,(H,34,38)(H,35,36)/t19?,24-/m0/s1. The summed E-state index contributed by atoms with van der Waals surface area (Å²) in [5.74, 6) is -3.63. The fourth-order valence-corrected chi connectivity index (χ4v) is 7.92. The van der Waals surface area contributed by atoms with Gasteiger partial charge in [0.05, 0.1) is 22.6 Å². The summed E-state index contributed by atoms with van der Waals surface area (Å²) in [6.07, 6.45) is 2.52. The molecule has 220 valence electrons. The van der Waals surface area contributed by atoms with E-state index < -0.39 is 40.9 Å². The highest BCUT2D eigenvalue weighted by molar-refractivity contribution is 7.91. The number of carbonyl (C=O) groups excluding carboxylic acids is 1. The van der Waals surface area contributed by atoms with Gasteiger partial charge in [0.15, 0.2) is 0 Å². The molecule has 2 N–H and O–H groups in total. The number of nitrogens with zero attached hydrogens (tertiary/aromatic N) is 3. The van der Waals surface area contributed by atoms with Gasteiger partial charge in [0.1, 0.15) is 16.1 Å². The number of rotatable bonds is 9. The number of alkyl halides is 2. The van der Waals surface area contributed by atoms with Crippen molar-refractivity contribution in [2.24, 2.45) is 0 Å². The van der Waals surface area contributed by atoms with Crippen LogP contribution in [0.4, 0.5) is 14.6 Å². The molecule has 0 aliphatic carbocycles. The molecule has 4 heterocycles. The van der Waals surface area contributed by atoms with Gasteiger partial charge < -0.3 is 10.6 Å². The summed E-state index contributed by atoms with van der Waals surface area (Å²) < 4.78 is 55.8. The van der Waals surface area contributed by atoms with Gasteiger partial charge in [-0.15, -0.1) is 11.3 Å². The van der Waals surface area contributed by atoms with Gasteiger partial charge in [-0.2, -0.15) is 4.31 Å². The van der Waals surface area contributed by atoms with Crippen LogP contribution in [0, 0.1) is 6.92 Å². The van der Waals surface area contributed by atoms with Crippen molar-refractivity contribution in [2.45, 2.75) is 49.0 Å². The lowest BCUT2D eigenvalue weighted by Gasteiger charge is -2.22. The minimum atomic E-state index is -4.36. The topological polar surface area (TPSA) is 104 Å². The third-order valence-electron chi connectivity index (χ3n) is 6.89. The molecule has 0 bridgehead atoms. The van der Waals surface area contributed by atoms with Crippen LogP contribution in [0.5, 0.6) is 0 Å². The number of thiophene rings is 1. The molecule has 0 saturated carbocycles. The lowest BCUT2D eigenvalue weighted by Crippen LogP contribution is -2.45. The van der Waals surface area contributed by atoms with Crippen molar-refractivity contribution in [3.05, 3.63) is 94.1 Å². The van der Waals surface area contributed by atoms with E-state index in [0.29, 0.717) is 21.4 Å². The number of amides is 1. The number of halogens is 3. The van der Waals surface area contributed by atoms with E-state index in [-0.39, 0.29) is 21.1 Å². The Hall–Kier alpha value is -3.45. The van der Waals surface area contributed by atoms with Crippen molar-refractivity contribution in [3.8, 4) is 11.3 Å². The maximum absolute atomic E-state index is 14.5. The number of aromatic nitrogens is 2. The fourth-order valence-electron chi connectivity index (χ4n) is 4.69. The first kappa shape index (κ1) is 30.0. The van der Waals surface area contributed by atoms with Crippen molar-refractivity contribution < 1.29 is 22.0 Å². The van der Waals surface area contributed by atoms with Gasteiger partial charge in [-0.25, -0.2) is 22.2 Å². The van der Waals surface area contributed by atoms with Crippen LogP contribution in [0.25, 0.3) is 11.3 Å². The number of anilines is 1. The molecule has 0 spiro atoms. The molecule has 3 aromatic heterocycles. The predicted octanol–water partition coefficient (Wildman–Crippen LogP) is 6.05. The second kappa shape index (κ2) is 12.0. The molecular weight excluding hydrogens is 604 g/mol. The van der Waals surface area contributed by atoms with Crippen LogP contribution in [0.15, 0.2) is 77.3 Å². The summed E-state index contributed by atoms with van der Waals surface area (Å²) in [6, 6.07) is 16.1. The van der Waals surface area contributed by atoms with E-state index in [1.54, 1.807) is 24.5 Å². The maximum Gasteiger partial charge on any atom is 0.263 e. The molecule has 4 aromatic rings. The number of pyridine rings is 2. The van der Waals surface area contributed by atoms with Gasteiger partial charge in [0.2, 0.25) is 5.91 Å². The molecular formula is C29H28ClF2N5O3S2. The zero-order chi connectivity index (χ0) is 30.1. The lowest BCUT2D eigenvalue weighted by molar-refractivity contribution is -0.124. The first-order valence-electron chi connectivity index (χ1n) is 13.1. The van der Waals surface area contributed by atoms with Crippen LogP contribution in [0.3, 0.4) is 0 Å². The number of benzene rings is 1. The van der Waals surface area contributed by atoms with Crippen molar-refractivity contribution in [3.63, 3.8) is 0 Å². The molecule has 5 rings (SSSR count). The van der Waals surface area contributed by atoms with Crippen LogP contribution in [-0.2, 0) is 21.4 Å². The summed E-state index contributed by atoms with van der Waals surface area (Å²) in [6.45, 7) is 2.83. The number of sulfonamides is 1. The summed E-state index contributed by atoms with van der Waals surface area (Å²) in [5, 5.41) is 6.03. The number of carbonyl (C=O) groups is 1. The van der Waals surface area contributed by atoms with Crippen LogP contribution in [0.2, 0.25) is 4.34 Å². The molecule has 1 fully saturated rings. The Morgan fingerprint density at radius 2 is 1.95 bits per heavy atom. The van der Waals surface area contributed by atoms with E-state index in [1.165, 1.54) is 12.1 Å². The lowest BCUT2D eigenvalue weighted by atomic mass is 10.1. The molecule has 2 atom stereocenters. The highest BCUT2D eigenvalue weighted by Crippen LogP contribution is 2.38. The van der Waals surface area contributed by atoms with E-state index in [1.807, 2.05) is 50.2 Å². The number of hydrogen-bond acceptors (Lipinski definition) is 7. The molecule has 1 unspecified atom stereocenters. The number of aryl methyl sites for hydroxylation is 1. The smallest absolute Gasteiger partial charge is 0.263 e. The largest absolute Gasteiger partial charge is 0.363 e. The summed E-state index contributed by atoms with van der Waals surface area (Å²) in [7, 11) is -4.36. The van der Waals surface area contributed by atoms with Crippen molar-refractivity contribution in [1.29, 1.82) is 0 Å². The third kappa shape index (κ3) is 6.78. The molecule has 1 aliphatic heterocycles. The minimum Gasteiger partial charge on any atom is -0.363 e. The maximum atomic E-state index is 14.5. The fraction of sp³-hybridized carbons (Fsp3) is 0.276. The minimum absolute atomic E-state index is 0.0308. The Morgan fingerprint density at radius 3 is 2.62 bits per heavy atom. The van der Waals surface area contributed by atoms with Crippen LogP contribution < -0.4 is 10.6 Å². The molecule has 0 radical (unpaired) electrons. The molecule has 13 heteroatoms. The van der Waals surface area contributed by atoms with Gasteiger partial charge in [-0.1, -0.05) is 47.5 Å². The quantitative estimate of drug-likeness (QED) is 0.233. The first-order chi connectivity index (χ1) is 19.9. The second-order valence-electron chi connectivity index (χ2n) is 10.2. The van der Waals surface area contributed by atoms with Gasteiger partial charge in [0.25, 0.3) is 15.9 Å². The van der Waals surface area contributed by atoms with Crippen molar-refractivity contribution in [2.75, 3.05) is 11.9 Å². The van der Waals surface area contributed by atoms with E-state index in [0.717, 1.165) is 28.0 Å². The van der Waals surface area contributed by atoms with Crippen LogP contribution in [0.1, 0.15) is 36.1 Å². The summed E-state index contributed by atoms with van der Waals surface area (Å²) in [4.78, 5) is 22.2. The molecule has 1 aromatic carbocycles. The monoisotopic (exact) mass is 631 g/mol. The Bertz CT molecular complexity index is 1690. The molecule has 1 aliphatic rings. The van der Waals surface area contributed by atoms with E-state index in [4.69, 9.17) is 16.6 Å². The first-order valence-corrected chi connectivity index (χ1v) is 15.7. The van der Waals surface area contributed by atoms with E-state index in [2.05, 4.69) is 15.6 Å². The third-order valence-corrected chi connectivity index (χ3v) is 10.4. The molecule has 8 nitrogen and oxygen atoms in total. The average molecular weight is 632 g/mol. The molecule has 1 saturated heterocycles. The van der Waals surface area contributed by atoms with Crippen molar-refractivity contribution in [1.82, 2.24) is 19.6 Å². The van der Waals surface area contributed by atoms with Crippen LogP contribution in [-0.4, -0.2) is 47.1 Å². The highest BCUT2D eigenvalue weighted by atomic mass is 35.5. The predicted molar refractivity (Wildman–Crippen MR) is 159 cm³/mol. The van der Waals surface area contributed by atoms with E-state index in [9.17, 15) is 22.0 Å². The Morgan fingerprint density at radius 1 is 1.19 bits per heavy atom. The Kier molecular flexibility index (Phi) is 8.61. The second-order valence-corrected chi connectivity index (χ2v) is 14.0. The van der Waals surface area contributed by atoms with Gasteiger partial charge in [-0.3, -0.25) is 9.78 Å². The van der Waals surface area contributed by atoms with Crippen molar-refractivity contribution >= 4 is 44.7 Å². The summed E-state index contributed by atoms with van der Waals surface area (Å²) >= 11 is 6.64. The normalized spacial score (nSPS) is 17.6. The molecule has 1 amide bonds. The average Bonchev–Trinajstić information content (AvgIpc) is 3.55. The number of hydrogen-bond donors (Lipinski definition) is 2. The zero-order valence-electron chi connectivity index (χ0n) is 22.7. The zero-order valence-corrected chi connectivity index (χ0v) is 25.1. The van der Waals surface area contributed by atoms with E-state index >= 15 is 0 Å². The SMILES string of the molecule is Cc1ccc(-c2cc(CNC(=O)[C@@H]3CC(F)(F)CN3S(=O)(=O)c3ccc(Cl)s3)cc(NC(C)c3cccnc3)n2)cc1. The summed E-state index contributed by atoms with van der Waals surface area (Å²) in [5.41, 5.74) is 4.19. The van der Waals surface area contributed by atoms with Gasteiger partial charge in [-0.05, 0) is 55.3 Å². The van der Waals surface area contributed by atoms with Gasteiger partial charge >= 0.3 is 0 Å². The van der Waals surface area contributed by atoms with Gasteiger partial charge in [0, 0.05) is 30.9 Å². The molecule has 42 heavy (non-hydrogen) atoms. The number of nitrogens with one attached hydrogen (secondary N) is 2. The Balaban J connectivity index is 1.39.